The second kappa shape index (κ2) is 4.84. The molecule has 1 saturated heterocycles. The van der Waals surface area contributed by atoms with Gasteiger partial charge in [-0.2, -0.15) is 0 Å². The first-order valence-corrected chi connectivity index (χ1v) is 7.22. The summed E-state index contributed by atoms with van der Waals surface area (Å²) in [7, 11) is 0. The van der Waals surface area contributed by atoms with Gasteiger partial charge < -0.3 is 14.6 Å². The van der Waals surface area contributed by atoms with E-state index in [1.54, 1.807) is 19.1 Å². The minimum Gasteiger partial charge on any atom is -0.465 e. The number of carbonyl (C=O) groups excluding carboxylic acids is 2. The maximum absolute atomic E-state index is 12.4. The topological polar surface area (TPSA) is 72.8 Å². The zero-order chi connectivity index (χ0) is 15.1. The molecule has 1 N–H and O–H groups in total. The number of ether oxygens (including phenoxy) is 2. The number of rotatable bonds is 3. The third-order valence-corrected chi connectivity index (χ3v) is 4.58. The Kier molecular flexibility index (Phi) is 3.24. The van der Waals surface area contributed by atoms with Crippen LogP contribution in [0.5, 0.6) is 0 Å². The maximum atomic E-state index is 12.4. The van der Waals surface area contributed by atoms with Crippen LogP contribution in [-0.2, 0) is 19.1 Å². The highest BCUT2D eigenvalue weighted by Crippen LogP contribution is 2.60. The number of hydrogen-bond donors (Lipinski definition) is 1. The van der Waals surface area contributed by atoms with Crippen molar-refractivity contribution in [1.82, 2.24) is 0 Å². The van der Waals surface area contributed by atoms with Crippen molar-refractivity contribution in [2.75, 3.05) is 6.61 Å². The minimum atomic E-state index is -1.58. The Balaban J connectivity index is 2.06. The lowest BCUT2D eigenvalue weighted by Gasteiger charge is -2.32. The highest BCUT2D eigenvalue weighted by molar-refractivity contribution is 6.04. The number of esters is 2. The van der Waals surface area contributed by atoms with Crippen molar-refractivity contribution >= 4 is 11.9 Å². The van der Waals surface area contributed by atoms with Crippen molar-refractivity contribution in [1.29, 1.82) is 0 Å². The second-order valence-electron chi connectivity index (χ2n) is 5.60. The number of fused-ring (bicyclic) bond motifs is 1. The van der Waals surface area contributed by atoms with Gasteiger partial charge in [0.05, 0.1) is 6.61 Å². The van der Waals surface area contributed by atoms with E-state index in [2.05, 4.69) is 0 Å². The Labute approximate surface area is 122 Å². The molecule has 0 amide bonds. The van der Waals surface area contributed by atoms with E-state index in [9.17, 15) is 14.7 Å². The van der Waals surface area contributed by atoms with Crippen LogP contribution in [0.2, 0.25) is 0 Å². The van der Waals surface area contributed by atoms with Crippen molar-refractivity contribution < 1.29 is 24.2 Å². The van der Waals surface area contributed by atoms with Gasteiger partial charge in [0, 0.05) is 0 Å². The lowest BCUT2D eigenvalue weighted by Crippen LogP contribution is -2.51. The van der Waals surface area contributed by atoms with Crippen molar-refractivity contribution in [2.24, 2.45) is 5.41 Å². The molecule has 0 bridgehead atoms. The van der Waals surface area contributed by atoms with Crippen LogP contribution in [0.3, 0.4) is 0 Å². The standard InChI is InChI=1S/C16H18O5/c1-2-20-13(17)15-9-6-10-16(15,19)12(21-14(15)18)11-7-4-3-5-8-11/h3-5,7-8,12,19H,2,6,9-10H2,1H3/t12-,15+,16-/m1/s1. The van der Waals surface area contributed by atoms with E-state index in [0.29, 0.717) is 18.4 Å². The Morgan fingerprint density at radius 2 is 2.10 bits per heavy atom. The Hall–Kier alpha value is -1.88. The second-order valence-corrected chi connectivity index (χ2v) is 5.60. The van der Waals surface area contributed by atoms with Gasteiger partial charge in [0.1, 0.15) is 5.60 Å². The van der Waals surface area contributed by atoms with Crippen molar-refractivity contribution in [3.8, 4) is 0 Å². The fourth-order valence-corrected chi connectivity index (χ4v) is 3.58. The SMILES string of the molecule is CCOC(=O)[C@]12CCC[C@@]1(O)[C@@H](c1ccccc1)OC2=O. The first kappa shape index (κ1) is 14.1. The summed E-state index contributed by atoms with van der Waals surface area (Å²) >= 11 is 0. The number of carbonyl (C=O) groups is 2. The van der Waals surface area contributed by atoms with E-state index in [1.807, 2.05) is 18.2 Å². The van der Waals surface area contributed by atoms with Crippen LogP contribution in [0.1, 0.15) is 37.9 Å². The summed E-state index contributed by atoms with van der Waals surface area (Å²) in [5.41, 5.74) is -2.41. The van der Waals surface area contributed by atoms with Gasteiger partial charge in [-0.15, -0.1) is 0 Å². The molecule has 5 heteroatoms. The van der Waals surface area contributed by atoms with Gasteiger partial charge in [-0.25, -0.2) is 0 Å². The van der Waals surface area contributed by atoms with E-state index in [0.717, 1.165) is 0 Å². The summed E-state index contributed by atoms with van der Waals surface area (Å²) in [6.07, 6.45) is 0.383. The van der Waals surface area contributed by atoms with Gasteiger partial charge in [0.25, 0.3) is 0 Å². The Morgan fingerprint density at radius 1 is 1.38 bits per heavy atom. The fraction of sp³-hybridized carbons (Fsp3) is 0.500. The third kappa shape index (κ3) is 1.73. The molecule has 0 spiro atoms. The minimum absolute atomic E-state index is 0.167. The molecule has 3 atom stereocenters. The van der Waals surface area contributed by atoms with Gasteiger partial charge >= 0.3 is 11.9 Å². The van der Waals surface area contributed by atoms with E-state index in [4.69, 9.17) is 9.47 Å². The van der Waals surface area contributed by atoms with E-state index >= 15 is 0 Å². The van der Waals surface area contributed by atoms with Crippen molar-refractivity contribution in [3.63, 3.8) is 0 Å². The largest absolute Gasteiger partial charge is 0.465 e. The number of aliphatic hydroxyl groups is 1. The van der Waals surface area contributed by atoms with Crippen LogP contribution >= 0.6 is 0 Å². The van der Waals surface area contributed by atoms with Crippen molar-refractivity contribution in [2.45, 2.75) is 37.9 Å². The van der Waals surface area contributed by atoms with Crippen LogP contribution in [0.25, 0.3) is 0 Å². The first-order valence-electron chi connectivity index (χ1n) is 7.22. The summed E-state index contributed by atoms with van der Waals surface area (Å²) in [6.45, 7) is 1.84. The molecule has 2 fully saturated rings. The first-order chi connectivity index (χ1) is 10.1. The Morgan fingerprint density at radius 3 is 2.76 bits per heavy atom. The molecule has 3 rings (SSSR count). The normalized spacial score (nSPS) is 34.4. The number of benzene rings is 1. The number of hydrogen-bond acceptors (Lipinski definition) is 5. The third-order valence-electron chi connectivity index (χ3n) is 4.58. The van der Waals surface area contributed by atoms with Crippen LogP contribution < -0.4 is 0 Å². The van der Waals surface area contributed by atoms with Gasteiger partial charge in [0.2, 0.25) is 0 Å². The van der Waals surface area contributed by atoms with Crippen LogP contribution in [0.4, 0.5) is 0 Å². The van der Waals surface area contributed by atoms with Gasteiger partial charge in [-0.1, -0.05) is 30.3 Å². The van der Waals surface area contributed by atoms with Crippen molar-refractivity contribution in [3.05, 3.63) is 35.9 Å². The molecule has 0 unspecified atom stereocenters. The molecular formula is C16H18O5. The molecule has 21 heavy (non-hydrogen) atoms. The summed E-state index contributed by atoms with van der Waals surface area (Å²) < 4.78 is 10.4. The highest BCUT2D eigenvalue weighted by atomic mass is 16.6. The molecule has 112 valence electrons. The summed E-state index contributed by atoms with van der Waals surface area (Å²) in [5, 5.41) is 11.1. The maximum Gasteiger partial charge on any atom is 0.327 e. The zero-order valence-electron chi connectivity index (χ0n) is 11.9. The summed E-state index contributed by atoms with van der Waals surface area (Å²) in [4.78, 5) is 24.8. The predicted octanol–water partition coefficient (Wildman–Crippen LogP) is 1.75. The molecule has 1 aliphatic carbocycles. The molecule has 0 radical (unpaired) electrons. The Bertz CT molecular complexity index is 569. The molecule has 1 saturated carbocycles. The molecule has 1 heterocycles. The molecular weight excluding hydrogens is 272 g/mol. The fourth-order valence-electron chi connectivity index (χ4n) is 3.58. The molecule has 1 aromatic carbocycles. The van der Waals surface area contributed by atoms with Crippen LogP contribution in [0, 0.1) is 5.41 Å². The zero-order valence-corrected chi connectivity index (χ0v) is 11.9. The lowest BCUT2D eigenvalue weighted by atomic mass is 9.72. The van der Waals surface area contributed by atoms with E-state index in [-0.39, 0.29) is 13.0 Å². The lowest BCUT2D eigenvalue weighted by molar-refractivity contribution is -0.171. The monoisotopic (exact) mass is 290 g/mol. The molecule has 2 aliphatic rings. The average Bonchev–Trinajstić information content (AvgIpc) is 2.94. The average molecular weight is 290 g/mol. The van der Waals surface area contributed by atoms with Crippen LogP contribution in [0.15, 0.2) is 30.3 Å². The molecule has 1 aromatic rings. The van der Waals surface area contributed by atoms with Gasteiger partial charge in [-0.3, -0.25) is 9.59 Å². The molecule has 0 aromatic heterocycles. The smallest absolute Gasteiger partial charge is 0.327 e. The molecule has 5 nitrogen and oxygen atoms in total. The predicted molar refractivity (Wildman–Crippen MR) is 73.1 cm³/mol. The molecule has 1 aliphatic heterocycles. The van der Waals surface area contributed by atoms with E-state index in [1.165, 1.54) is 0 Å². The van der Waals surface area contributed by atoms with E-state index < -0.39 is 29.1 Å². The summed E-state index contributed by atoms with van der Waals surface area (Å²) in [6, 6.07) is 9.04. The summed E-state index contributed by atoms with van der Waals surface area (Å²) in [5.74, 6) is -1.34. The van der Waals surface area contributed by atoms with Crippen LogP contribution in [-0.4, -0.2) is 29.3 Å². The highest BCUT2D eigenvalue weighted by Gasteiger charge is 2.74. The van der Waals surface area contributed by atoms with Gasteiger partial charge in [-0.05, 0) is 31.7 Å². The quantitative estimate of drug-likeness (QED) is 0.678. The number of cyclic esters (lactones) is 1. The van der Waals surface area contributed by atoms with Gasteiger partial charge in [0.15, 0.2) is 11.5 Å².